The topological polar surface area (TPSA) is 50.7 Å². The quantitative estimate of drug-likeness (QED) is 0.879. The first kappa shape index (κ1) is 12.4. The molecule has 0 saturated heterocycles. The van der Waals surface area contributed by atoms with Crippen LogP contribution in [0.3, 0.4) is 0 Å². The number of nitrogens with one attached hydrogen (secondary N) is 1. The minimum Gasteiger partial charge on any atom is -0.367 e. The first-order valence-electron chi connectivity index (χ1n) is 5.93. The Labute approximate surface area is 105 Å². The van der Waals surface area contributed by atoms with Crippen LogP contribution in [0.2, 0.25) is 0 Å². The van der Waals surface area contributed by atoms with E-state index in [-0.39, 0.29) is 11.6 Å². The van der Waals surface area contributed by atoms with E-state index in [1.807, 2.05) is 19.1 Å². The van der Waals surface area contributed by atoms with Crippen molar-refractivity contribution in [3.05, 3.63) is 47.9 Å². The van der Waals surface area contributed by atoms with Crippen molar-refractivity contribution in [1.29, 1.82) is 0 Å². The van der Waals surface area contributed by atoms with Crippen LogP contribution >= 0.6 is 0 Å². The summed E-state index contributed by atoms with van der Waals surface area (Å²) in [6, 6.07) is 3.87. The number of rotatable bonds is 5. The maximum absolute atomic E-state index is 13.8. The Morgan fingerprint density at radius 2 is 2.22 bits per heavy atom. The zero-order valence-corrected chi connectivity index (χ0v) is 10.2. The van der Waals surface area contributed by atoms with Gasteiger partial charge in [-0.2, -0.15) is 0 Å². The van der Waals surface area contributed by atoms with Gasteiger partial charge in [-0.3, -0.25) is 4.98 Å². The van der Waals surface area contributed by atoms with Gasteiger partial charge in [-0.25, -0.2) is 14.4 Å². The summed E-state index contributed by atoms with van der Waals surface area (Å²) in [4.78, 5) is 11.8. The molecule has 0 fully saturated rings. The van der Waals surface area contributed by atoms with E-state index in [1.165, 1.54) is 6.33 Å². The summed E-state index contributed by atoms with van der Waals surface area (Å²) in [7, 11) is 0. The number of aryl methyl sites for hydroxylation is 1. The van der Waals surface area contributed by atoms with Crippen molar-refractivity contribution >= 4 is 5.82 Å². The molecule has 0 unspecified atom stereocenters. The Balaban J connectivity index is 1.95. The van der Waals surface area contributed by atoms with Gasteiger partial charge in [0.2, 0.25) is 0 Å². The lowest BCUT2D eigenvalue weighted by Crippen LogP contribution is -2.10. The highest BCUT2D eigenvalue weighted by atomic mass is 19.1. The molecule has 0 aromatic carbocycles. The van der Waals surface area contributed by atoms with Gasteiger partial charge in [-0.1, -0.05) is 13.0 Å². The van der Waals surface area contributed by atoms with Crippen molar-refractivity contribution in [2.75, 3.05) is 11.9 Å². The van der Waals surface area contributed by atoms with Gasteiger partial charge in [-0.05, 0) is 24.5 Å². The predicted octanol–water partition coefficient (Wildman–Crippen LogP) is 2.23. The van der Waals surface area contributed by atoms with Crippen LogP contribution in [0.1, 0.15) is 18.2 Å². The monoisotopic (exact) mass is 246 g/mol. The van der Waals surface area contributed by atoms with Crippen molar-refractivity contribution in [3.63, 3.8) is 0 Å². The third kappa shape index (κ3) is 3.00. The Morgan fingerprint density at radius 3 is 2.94 bits per heavy atom. The molecule has 2 aromatic rings. The molecule has 0 saturated carbocycles. The fourth-order valence-electron chi connectivity index (χ4n) is 1.65. The maximum Gasteiger partial charge on any atom is 0.186 e. The molecule has 2 aromatic heterocycles. The first-order valence-corrected chi connectivity index (χ1v) is 5.93. The average molecular weight is 246 g/mol. The highest BCUT2D eigenvalue weighted by molar-refractivity contribution is 5.37. The minimum absolute atomic E-state index is 0.269. The first-order chi connectivity index (χ1) is 8.81. The Bertz CT molecular complexity index is 502. The number of anilines is 1. The summed E-state index contributed by atoms with van der Waals surface area (Å²) in [5, 5.41) is 2.98. The van der Waals surface area contributed by atoms with Crippen molar-refractivity contribution in [3.8, 4) is 0 Å². The Morgan fingerprint density at radius 1 is 1.33 bits per heavy atom. The molecule has 0 spiro atoms. The molecule has 0 bridgehead atoms. The summed E-state index contributed by atoms with van der Waals surface area (Å²) in [5.41, 5.74) is 1.55. The highest BCUT2D eigenvalue weighted by Gasteiger charge is 2.08. The lowest BCUT2D eigenvalue weighted by atomic mass is 10.2. The van der Waals surface area contributed by atoms with Gasteiger partial charge in [0.1, 0.15) is 6.33 Å². The van der Waals surface area contributed by atoms with E-state index in [4.69, 9.17) is 0 Å². The summed E-state index contributed by atoms with van der Waals surface area (Å²) in [6.07, 6.45) is 6.25. The smallest absolute Gasteiger partial charge is 0.186 e. The molecule has 0 radical (unpaired) electrons. The van der Waals surface area contributed by atoms with Crippen LogP contribution in [0.5, 0.6) is 0 Å². The van der Waals surface area contributed by atoms with Crippen molar-refractivity contribution in [2.45, 2.75) is 19.8 Å². The van der Waals surface area contributed by atoms with Gasteiger partial charge in [-0.15, -0.1) is 0 Å². The fraction of sp³-hybridized carbons (Fsp3) is 0.308. The summed E-state index contributed by atoms with van der Waals surface area (Å²) >= 11 is 0. The molecular weight excluding hydrogens is 231 g/mol. The molecule has 18 heavy (non-hydrogen) atoms. The lowest BCUT2D eigenvalue weighted by Gasteiger charge is -2.07. The molecule has 1 N–H and O–H groups in total. The van der Waals surface area contributed by atoms with Gasteiger partial charge in [0, 0.05) is 18.9 Å². The lowest BCUT2D eigenvalue weighted by molar-refractivity contribution is 0.596. The van der Waals surface area contributed by atoms with Crippen LogP contribution < -0.4 is 5.32 Å². The number of hydrogen-bond acceptors (Lipinski definition) is 4. The van der Waals surface area contributed by atoms with E-state index in [2.05, 4.69) is 20.3 Å². The Hall–Kier alpha value is -2.04. The minimum atomic E-state index is -0.355. The summed E-state index contributed by atoms with van der Waals surface area (Å²) < 4.78 is 13.8. The molecule has 4 nitrogen and oxygen atoms in total. The van der Waals surface area contributed by atoms with Gasteiger partial charge in [0.25, 0.3) is 0 Å². The molecule has 94 valence electrons. The number of hydrogen-bond donors (Lipinski definition) is 1. The zero-order valence-electron chi connectivity index (χ0n) is 10.2. The van der Waals surface area contributed by atoms with E-state index in [0.29, 0.717) is 18.7 Å². The number of halogens is 1. The van der Waals surface area contributed by atoms with Gasteiger partial charge in [0.15, 0.2) is 11.6 Å². The second kappa shape index (κ2) is 6.05. The normalized spacial score (nSPS) is 10.3. The van der Waals surface area contributed by atoms with Crippen molar-refractivity contribution in [2.24, 2.45) is 0 Å². The maximum atomic E-state index is 13.8. The largest absolute Gasteiger partial charge is 0.367 e. The van der Waals surface area contributed by atoms with E-state index >= 15 is 0 Å². The van der Waals surface area contributed by atoms with Gasteiger partial charge >= 0.3 is 0 Å². The zero-order chi connectivity index (χ0) is 12.8. The summed E-state index contributed by atoms with van der Waals surface area (Å²) in [5.74, 6) is -0.0862. The van der Waals surface area contributed by atoms with E-state index in [9.17, 15) is 4.39 Å². The van der Waals surface area contributed by atoms with Crippen LogP contribution in [0.15, 0.2) is 30.9 Å². The molecule has 0 aliphatic carbocycles. The standard InChI is InChI=1S/C13H15FN4/c1-2-11-12(14)13(18-9-17-11)16-7-5-10-4-3-6-15-8-10/h3-4,6,8-9H,2,5,7H2,1H3,(H,16,17,18). The van der Waals surface area contributed by atoms with Crippen molar-refractivity contribution in [1.82, 2.24) is 15.0 Å². The molecule has 5 heteroatoms. The predicted molar refractivity (Wildman–Crippen MR) is 67.8 cm³/mol. The number of nitrogens with zero attached hydrogens (tertiary/aromatic N) is 3. The average Bonchev–Trinajstić information content (AvgIpc) is 2.42. The number of pyridine rings is 1. The van der Waals surface area contributed by atoms with E-state index in [1.54, 1.807) is 12.4 Å². The van der Waals surface area contributed by atoms with Crippen LogP contribution in [0.4, 0.5) is 10.2 Å². The third-order valence-electron chi connectivity index (χ3n) is 2.63. The second-order valence-electron chi connectivity index (χ2n) is 3.87. The molecular formula is C13H15FN4. The van der Waals surface area contributed by atoms with Crippen LogP contribution in [0, 0.1) is 5.82 Å². The SMILES string of the molecule is CCc1ncnc(NCCc2cccnc2)c1F. The van der Waals surface area contributed by atoms with Gasteiger partial charge in [0.05, 0.1) is 5.69 Å². The second-order valence-corrected chi connectivity index (χ2v) is 3.87. The van der Waals surface area contributed by atoms with E-state index in [0.717, 1.165) is 12.0 Å². The van der Waals surface area contributed by atoms with Gasteiger partial charge < -0.3 is 5.32 Å². The van der Waals surface area contributed by atoms with E-state index < -0.39 is 0 Å². The van der Waals surface area contributed by atoms with Crippen LogP contribution in [-0.2, 0) is 12.8 Å². The highest BCUT2D eigenvalue weighted by Crippen LogP contribution is 2.13. The fourth-order valence-corrected chi connectivity index (χ4v) is 1.65. The molecule has 2 heterocycles. The molecule has 0 aliphatic heterocycles. The van der Waals surface area contributed by atoms with Crippen molar-refractivity contribution < 1.29 is 4.39 Å². The molecule has 2 rings (SSSR count). The number of aromatic nitrogens is 3. The third-order valence-corrected chi connectivity index (χ3v) is 2.63. The summed E-state index contributed by atoms with van der Waals surface area (Å²) in [6.45, 7) is 2.48. The van der Waals surface area contributed by atoms with Crippen LogP contribution in [-0.4, -0.2) is 21.5 Å². The molecule has 0 amide bonds. The Kier molecular flexibility index (Phi) is 4.17. The molecule has 0 aliphatic rings. The van der Waals surface area contributed by atoms with Crippen LogP contribution in [0.25, 0.3) is 0 Å². The molecule has 0 atom stereocenters.